The topological polar surface area (TPSA) is 99.9 Å². The summed E-state index contributed by atoms with van der Waals surface area (Å²) in [4.78, 5) is 37.5. The lowest BCUT2D eigenvalue weighted by atomic mass is 10.1. The van der Waals surface area contributed by atoms with Gasteiger partial charge >= 0.3 is 5.97 Å². The number of hydrogen-bond donors (Lipinski definition) is 2. The number of halogens is 1. The van der Waals surface area contributed by atoms with Crippen molar-refractivity contribution in [3.8, 4) is 0 Å². The zero-order valence-electron chi connectivity index (χ0n) is 15.3. The molecule has 1 aromatic heterocycles. The molecule has 2 rings (SSSR count). The first kappa shape index (κ1) is 20.5. The van der Waals surface area contributed by atoms with E-state index in [0.29, 0.717) is 29.9 Å². The molecule has 0 radical (unpaired) electrons. The van der Waals surface area contributed by atoms with Gasteiger partial charge in [-0.25, -0.2) is 0 Å². The Morgan fingerprint density at radius 1 is 1.22 bits per heavy atom. The third-order valence-corrected chi connectivity index (χ3v) is 4.41. The number of aryl methyl sites for hydroxylation is 1. The number of nitrogens with one attached hydrogen (secondary N) is 1. The number of carboxylic acids is 1. The van der Waals surface area contributed by atoms with E-state index in [1.807, 2.05) is 13.8 Å². The minimum absolute atomic E-state index is 0.0805. The highest BCUT2D eigenvalue weighted by Crippen LogP contribution is 2.24. The van der Waals surface area contributed by atoms with Crippen molar-refractivity contribution in [1.82, 2.24) is 4.90 Å². The van der Waals surface area contributed by atoms with E-state index in [0.717, 1.165) is 0 Å². The molecule has 2 N–H and O–H groups in total. The van der Waals surface area contributed by atoms with Crippen molar-refractivity contribution in [2.75, 3.05) is 18.4 Å². The third-order valence-electron chi connectivity index (χ3n) is 4.10. The van der Waals surface area contributed by atoms with Crippen LogP contribution in [0.15, 0.2) is 28.9 Å². The van der Waals surface area contributed by atoms with Gasteiger partial charge in [-0.05, 0) is 39.0 Å². The average molecular weight is 393 g/mol. The number of rotatable bonds is 7. The Balaban J connectivity index is 2.23. The second kappa shape index (κ2) is 8.73. The van der Waals surface area contributed by atoms with Crippen LogP contribution in [0, 0.1) is 6.92 Å². The Hall–Kier alpha value is -2.80. The monoisotopic (exact) mass is 392 g/mol. The molecule has 1 aromatic carbocycles. The number of benzene rings is 1. The lowest BCUT2D eigenvalue weighted by Gasteiger charge is -2.19. The molecule has 0 aliphatic carbocycles. The van der Waals surface area contributed by atoms with Crippen LogP contribution in [0.2, 0.25) is 5.02 Å². The van der Waals surface area contributed by atoms with E-state index < -0.39 is 18.3 Å². The number of aliphatic carboxylic acids is 1. The zero-order valence-corrected chi connectivity index (χ0v) is 16.1. The van der Waals surface area contributed by atoms with Gasteiger partial charge in [-0.1, -0.05) is 11.6 Å². The Bertz CT molecular complexity index is 871. The van der Waals surface area contributed by atoms with Crippen LogP contribution in [0.5, 0.6) is 0 Å². The molecule has 0 unspecified atom stereocenters. The molecule has 2 amide bonds. The Morgan fingerprint density at radius 2 is 1.89 bits per heavy atom. The Kier molecular flexibility index (Phi) is 6.63. The van der Waals surface area contributed by atoms with E-state index >= 15 is 0 Å². The van der Waals surface area contributed by atoms with E-state index in [1.54, 1.807) is 24.0 Å². The van der Waals surface area contributed by atoms with Gasteiger partial charge in [0.25, 0.3) is 11.8 Å². The summed E-state index contributed by atoms with van der Waals surface area (Å²) in [5.41, 5.74) is 1.45. The van der Waals surface area contributed by atoms with Crippen LogP contribution in [-0.2, 0) is 11.2 Å². The average Bonchev–Trinajstić information content (AvgIpc) is 2.95. The maximum atomic E-state index is 12.5. The van der Waals surface area contributed by atoms with E-state index in [2.05, 4.69) is 5.32 Å². The van der Waals surface area contributed by atoms with E-state index in [9.17, 15) is 14.4 Å². The number of carbonyl (C=O) groups is 3. The molecular formula is C19H21ClN2O5. The van der Waals surface area contributed by atoms with Gasteiger partial charge in [-0.3, -0.25) is 14.4 Å². The SMILES string of the molecule is CCN(CC)C(=O)c1ccc(NC(=O)c2c(C)coc2CC(=O)O)cc1Cl. The molecule has 0 fully saturated rings. The first-order valence-corrected chi connectivity index (χ1v) is 8.85. The summed E-state index contributed by atoms with van der Waals surface area (Å²) in [6.07, 6.45) is 0.945. The van der Waals surface area contributed by atoms with E-state index in [-0.39, 0.29) is 22.3 Å². The van der Waals surface area contributed by atoms with Crippen LogP contribution in [0.1, 0.15) is 45.9 Å². The Labute approximate surface area is 161 Å². The maximum absolute atomic E-state index is 12.5. The summed E-state index contributed by atoms with van der Waals surface area (Å²) >= 11 is 6.23. The molecule has 2 aromatic rings. The molecular weight excluding hydrogens is 372 g/mol. The number of furan rings is 1. The first-order valence-electron chi connectivity index (χ1n) is 8.47. The molecule has 0 saturated carbocycles. The van der Waals surface area contributed by atoms with E-state index in [4.69, 9.17) is 21.1 Å². The van der Waals surface area contributed by atoms with Crippen molar-refractivity contribution in [1.29, 1.82) is 0 Å². The van der Waals surface area contributed by atoms with Gasteiger partial charge in [0.15, 0.2) is 0 Å². The van der Waals surface area contributed by atoms with Gasteiger partial charge in [-0.2, -0.15) is 0 Å². The molecule has 1 heterocycles. The largest absolute Gasteiger partial charge is 0.481 e. The van der Waals surface area contributed by atoms with Crippen molar-refractivity contribution < 1.29 is 23.9 Å². The molecule has 0 saturated heterocycles. The number of anilines is 1. The van der Waals surface area contributed by atoms with Crippen LogP contribution in [0.3, 0.4) is 0 Å². The smallest absolute Gasteiger partial charge is 0.311 e. The highest BCUT2D eigenvalue weighted by molar-refractivity contribution is 6.34. The molecule has 144 valence electrons. The van der Waals surface area contributed by atoms with Crippen LogP contribution in [0.4, 0.5) is 5.69 Å². The number of carbonyl (C=O) groups excluding carboxylic acids is 2. The maximum Gasteiger partial charge on any atom is 0.311 e. The lowest BCUT2D eigenvalue weighted by Crippen LogP contribution is -2.30. The highest BCUT2D eigenvalue weighted by atomic mass is 35.5. The number of amides is 2. The number of hydrogen-bond acceptors (Lipinski definition) is 4. The molecule has 0 aliphatic heterocycles. The fraction of sp³-hybridized carbons (Fsp3) is 0.316. The van der Waals surface area contributed by atoms with Crippen LogP contribution < -0.4 is 5.32 Å². The van der Waals surface area contributed by atoms with Crippen molar-refractivity contribution in [2.45, 2.75) is 27.2 Å². The number of carboxylic acid groups (broad SMARTS) is 1. The summed E-state index contributed by atoms with van der Waals surface area (Å²) in [6.45, 7) is 6.55. The van der Waals surface area contributed by atoms with Crippen molar-refractivity contribution in [3.63, 3.8) is 0 Å². The van der Waals surface area contributed by atoms with Gasteiger partial charge in [-0.15, -0.1) is 0 Å². The second-order valence-corrected chi connectivity index (χ2v) is 6.32. The van der Waals surface area contributed by atoms with Crippen LogP contribution >= 0.6 is 11.6 Å². The zero-order chi connectivity index (χ0) is 20.1. The predicted molar refractivity (Wildman–Crippen MR) is 101 cm³/mol. The summed E-state index contributed by atoms with van der Waals surface area (Å²) in [7, 11) is 0. The minimum Gasteiger partial charge on any atom is -0.481 e. The van der Waals surface area contributed by atoms with Crippen molar-refractivity contribution >= 4 is 35.1 Å². The Morgan fingerprint density at radius 3 is 2.44 bits per heavy atom. The van der Waals surface area contributed by atoms with Gasteiger partial charge in [0.2, 0.25) is 0 Å². The van der Waals surface area contributed by atoms with Crippen LogP contribution in [0.25, 0.3) is 0 Å². The molecule has 8 heteroatoms. The normalized spacial score (nSPS) is 10.5. The quantitative estimate of drug-likeness (QED) is 0.749. The van der Waals surface area contributed by atoms with Gasteiger partial charge < -0.3 is 19.7 Å². The summed E-state index contributed by atoms with van der Waals surface area (Å²) in [6, 6.07) is 4.62. The van der Waals surface area contributed by atoms with Crippen molar-refractivity contribution in [2.24, 2.45) is 0 Å². The highest BCUT2D eigenvalue weighted by Gasteiger charge is 2.21. The van der Waals surface area contributed by atoms with E-state index in [1.165, 1.54) is 12.3 Å². The fourth-order valence-corrected chi connectivity index (χ4v) is 2.97. The molecule has 7 nitrogen and oxygen atoms in total. The summed E-state index contributed by atoms with van der Waals surface area (Å²) < 4.78 is 5.17. The van der Waals surface area contributed by atoms with Crippen LogP contribution in [-0.4, -0.2) is 40.9 Å². The molecule has 0 spiro atoms. The minimum atomic E-state index is -1.10. The molecule has 0 atom stereocenters. The molecule has 27 heavy (non-hydrogen) atoms. The fourth-order valence-electron chi connectivity index (χ4n) is 2.71. The molecule has 0 bridgehead atoms. The van der Waals surface area contributed by atoms with Gasteiger partial charge in [0, 0.05) is 24.3 Å². The first-order chi connectivity index (χ1) is 12.8. The second-order valence-electron chi connectivity index (χ2n) is 5.91. The summed E-state index contributed by atoms with van der Waals surface area (Å²) in [5.74, 6) is -1.70. The van der Waals surface area contributed by atoms with Crippen molar-refractivity contribution in [3.05, 3.63) is 51.9 Å². The lowest BCUT2D eigenvalue weighted by molar-refractivity contribution is -0.136. The summed E-state index contributed by atoms with van der Waals surface area (Å²) in [5, 5.41) is 11.8. The predicted octanol–water partition coefficient (Wildman–Crippen LogP) is 3.60. The number of nitrogens with zero attached hydrogens (tertiary/aromatic N) is 1. The molecule has 0 aliphatic rings. The van der Waals surface area contributed by atoms with Gasteiger partial charge in [0.1, 0.15) is 12.2 Å². The third kappa shape index (κ3) is 4.68. The van der Waals surface area contributed by atoms with Gasteiger partial charge in [0.05, 0.1) is 22.4 Å². The standard InChI is InChI=1S/C19H21ClN2O5/c1-4-22(5-2)19(26)13-7-6-12(8-14(13)20)21-18(25)17-11(3)10-27-15(17)9-16(23)24/h6-8,10H,4-5,9H2,1-3H3,(H,21,25)(H,23,24).